The lowest BCUT2D eigenvalue weighted by atomic mass is 10.2. The summed E-state index contributed by atoms with van der Waals surface area (Å²) in [6.07, 6.45) is 2.25. The third-order valence-corrected chi connectivity index (χ3v) is 4.36. The summed E-state index contributed by atoms with van der Waals surface area (Å²) >= 11 is 5.93. The summed E-state index contributed by atoms with van der Waals surface area (Å²) in [6.45, 7) is 4.23. The van der Waals surface area contributed by atoms with Crippen molar-refractivity contribution in [2.24, 2.45) is 0 Å². The van der Waals surface area contributed by atoms with E-state index in [1.165, 1.54) is 0 Å². The van der Waals surface area contributed by atoms with Crippen LogP contribution < -0.4 is 9.62 Å². The first-order chi connectivity index (χ1) is 9.81. The Hall–Kier alpha value is -1.27. The van der Waals surface area contributed by atoms with Gasteiger partial charge >= 0.3 is 0 Å². The molecule has 21 heavy (non-hydrogen) atoms. The SMILES string of the molecule is CCCNC(=O)C(CC)N(c1cccc(Cl)c1)S(C)(=O)=O. The number of sulfonamides is 1. The van der Waals surface area contributed by atoms with Crippen LogP contribution in [0, 0.1) is 0 Å². The minimum atomic E-state index is -3.60. The fourth-order valence-electron chi connectivity index (χ4n) is 2.04. The second kappa shape index (κ2) is 7.66. The van der Waals surface area contributed by atoms with Gasteiger partial charge in [0, 0.05) is 11.6 Å². The summed E-state index contributed by atoms with van der Waals surface area (Å²) in [5, 5.41) is 3.16. The van der Waals surface area contributed by atoms with Crippen LogP contribution >= 0.6 is 11.6 Å². The molecular formula is C14H21ClN2O3S. The Kier molecular flexibility index (Phi) is 6.48. The smallest absolute Gasteiger partial charge is 0.243 e. The summed E-state index contributed by atoms with van der Waals surface area (Å²) in [7, 11) is -3.60. The molecular weight excluding hydrogens is 312 g/mol. The molecule has 0 bridgehead atoms. The molecule has 0 aromatic heterocycles. The molecule has 0 radical (unpaired) electrons. The number of amides is 1. The molecule has 0 aliphatic rings. The lowest BCUT2D eigenvalue weighted by Gasteiger charge is -2.30. The predicted molar refractivity (Wildman–Crippen MR) is 86.2 cm³/mol. The van der Waals surface area contributed by atoms with Crippen molar-refractivity contribution in [1.29, 1.82) is 0 Å². The van der Waals surface area contributed by atoms with Crippen molar-refractivity contribution in [3.8, 4) is 0 Å². The van der Waals surface area contributed by atoms with E-state index in [2.05, 4.69) is 5.32 Å². The molecule has 1 amide bonds. The van der Waals surface area contributed by atoms with E-state index in [9.17, 15) is 13.2 Å². The molecule has 0 aliphatic carbocycles. The summed E-state index contributed by atoms with van der Waals surface area (Å²) in [6, 6.07) is 5.70. The number of carbonyl (C=O) groups excluding carboxylic acids is 1. The number of hydrogen-bond acceptors (Lipinski definition) is 3. The van der Waals surface area contributed by atoms with E-state index in [0.29, 0.717) is 23.7 Å². The molecule has 7 heteroatoms. The molecule has 0 saturated heterocycles. The second-order valence-corrected chi connectivity index (χ2v) is 7.05. The van der Waals surface area contributed by atoms with Gasteiger partial charge in [0.05, 0.1) is 11.9 Å². The average molecular weight is 333 g/mol. The maximum absolute atomic E-state index is 12.2. The van der Waals surface area contributed by atoms with E-state index in [4.69, 9.17) is 11.6 Å². The number of benzene rings is 1. The molecule has 1 aromatic carbocycles. The standard InChI is InChI=1S/C14H21ClN2O3S/c1-4-9-16-14(18)13(5-2)17(21(3,19)20)12-8-6-7-11(15)10-12/h6-8,10,13H,4-5,9H2,1-3H3,(H,16,18). The van der Waals surface area contributed by atoms with Gasteiger partial charge in [-0.05, 0) is 31.0 Å². The number of hydrogen-bond donors (Lipinski definition) is 1. The van der Waals surface area contributed by atoms with Gasteiger partial charge in [-0.2, -0.15) is 0 Å². The first-order valence-electron chi connectivity index (χ1n) is 6.84. The zero-order chi connectivity index (χ0) is 16.0. The van der Waals surface area contributed by atoms with Crippen LogP contribution in [0.4, 0.5) is 5.69 Å². The molecule has 118 valence electrons. The highest BCUT2D eigenvalue weighted by Gasteiger charge is 2.31. The maximum Gasteiger partial charge on any atom is 0.243 e. The van der Waals surface area contributed by atoms with Crippen LogP contribution in [0.25, 0.3) is 0 Å². The third-order valence-electron chi connectivity index (χ3n) is 2.94. The highest BCUT2D eigenvalue weighted by Crippen LogP contribution is 2.25. The molecule has 1 N–H and O–H groups in total. The first kappa shape index (κ1) is 17.8. The van der Waals surface area contributed by atoms with Crippen LogP contribution in [0.15, 0.2) is 24.3 Å². The van der Waals surface area contributed by atoms with Crippen molar-refractivity contribution in [2.45, 2.75) is 32.7 Å². The molecule has 1 atom stereocenters. The molecule has 0 fully saturated rings. The van der Waals surface area contributed by atoms with E-state index >= 15 is 0 Å². The van der Waals surface area contributed by atoms with Gasteiger partial charge in [-0.15, -0.1) is 0 Å². The van der Waals surface area contributed by atoms with Gasteiger partial charge in [0.25, 0.3) is 0 Å². The average Bonchev–Trinajstić information content (AvgIpc) is 2.40. The van der Waals surface area contributed by atoms with Crippen molar-refractivity contribution in [2.75, 3.05) is 17.1 Å². The monoisotopic (exact) mass is 332 g/mol. The molecule has 1 rings (SSSR count). The molecule has 1 unspecified atom stereocenters. The topological polar surface area (TPSA) is 66.5 Å². The number of nitrogens with one attached hydrogen (secondary N) is 1. The molecule has 0 aliphatic heterocycles. The molecule has 0 spiro atoms. The van der Waals surface area contributed by atoms with E-state index in [1.807, 2.05) is 6.92 Å². The van der Waals surface area contributed by atoms with Crippen molar-refractivity contribution in [3.63, 3.8) is 0 Å². The zero-order valence-electron chi connectivity index (χ0n) is 12.5. The van der Waals surface area contributed by atoms with E-state index in [1.54, 1.807) is 31.2 Å². The minimum absolute atomic E-state index is 0.301. The van der Waals surface area contributed by atoms with Crippen LogP contribution in [-0.2, 0) is 14.8 Å². The minimum Gasteiger partial charge on any atom is -0.354 e. The Morgan fingerprint density at radius 1 is 1.38 bits per heavy atom. The quantitative estimate of drug-likeness (QED) is 0.833. The summed E-state index contributed by atoms with van der Waals surface area (Å²) in [5.41, 5.74) is 0.392. The first-order valence-corrected chi connectivity index (χ1v) is 9.06. The normalized spacial score (nSPS) is 12.8. The van der Waals surface area contributed by atoms with Crippen molar-refractivity contribution >= 4 is 33.2 Å². The van der Waals surface area contributed by atoms with Gasteiger partial charge in [-0.25, -0.2) is 8.42 Å². The van der Waals surface area contributed by atoms with Crippen LogP contribution in [0.1, 0.15) is 26.7 Å². The highest BCUT2D eigenvalue weighted by atomic mass is 35.5. The van der Waals surface area contributed by atoms with Crippen LogP contribution in [-0.4, -0.2) is 33.2 Å². The second-order valence-electron chi connectivity index (χ2n) is 4.75. The van der Waals surface area contributed by atoms with Gasteiger partial charge in [0.1, 0.15) is 6.04 Å². The zero-order valence-corrected chi connectivity index (χ0v) is 14.0. The maximum atomic E-state index is 12.2. The lowest BCUT2D eigenvalue weighted by Crippen LogP contribution is -2.49. The fourth-order valence-corrected chi connectivity index (χ4v) is 3.43. The van der Waals surface area contributed by atoms with Gasteiger partial charge in [-0.3, -0.25) is 9.10 Å². The number of anilines is 1. The Labute approximate surface area is 131 Å². The van der Waals surface area contributed by atoms with Crippen LogP contribution in [0.3, 0.4) is 0 Å². The Morgan fingerprint density at radius 2 is 2.05 bits per heavy atom. The Balaban J connectivity index is 3.21. The Morgan fingerprint density at radius 3 is 2.52 bits per heavy atom. The van der Waals surface area contributed by atoms with Crippen molar-refractivity contribution in [3.05, 3.63) is 29.3 Å². The number of halogens is 1. The van der Waals surface area contributed by atoms with E-state index in [-0.39, 0.29) is 5.91 Å². The van der Waals surface area contributed by atoms with Crippen LogP contribution in [0.2, 0.25) is 5.02 Å². The summed E-state index contributed by atoms with van der Waals surface area (Å²) in [5.74, 6) is -0.301. The van der Waals surface area contributed by atoms with Gasteiger partial charge in [0.15, 0.2) is 0 Å². The summed E-state index contributed by atoms with van der Waals surface area (Å²) in [4.78, 5) is 12.2. The number of carbonyl (C=O) groups is 1. The molecule has 5 nitrogen and oxygen atoms in total. The van der Waals surface area contributed by atoms with E-state index in [0.717, 1.165) is 17.0 Å². The van der Waals surface area contributed by atoms with E-state index < -0.39 is 16.1 Å². The van der Waals surface area contributed by atoms with Crippen molar-refractivity contribution in [1.82, 2.24) is 5.32 Å². The Bertz CT molecular complexity index is 590. The summed E-state index contributed by atoms with van der Waals surface area (Å²) < 4.78 is 25.4. The molecule has 0 saturated carbocycles. The van der Waals surface area contributed by atoms with Crippen molar-refractivity contribution < 1.29 is 13.2 Å². The largest absolute Gasteiger partial charge is 0.354 e. The van der Waals surface area contributed by atoms with Gasteiger partial charge in [-0.1, -0.05) is 31.5 Å². The predicted octanol–water partition coefficient (Wildman–Crippen LogP) is 2.41. The number of rotatable bonds is 7. The van der Waals surface area contributed by atoms with Gasteiger partial charge in [0.2, 0.25) is 15.9 Å². The molecule has 1 aromatic rings. The fraction of sp³-hybridized carbons (Fsp3) is 0.500. The molecule has 0 heterocycles. The van der Waals surface area contributed by atoms with Gasteiger partial charge < -0.3 is 5.32 Å². The highest BCUT2D eigenvalue weighted by molar-refractivity contribution is 7.92. The third kappa shape index (κ3) is 4.89. The number of nitrogens with zero attached hydrogens (tertiary/aromatic N) is 1. The lowest BCUT2D eigenvalue weighted by molar-refractivity contribution is -0.122. The van der Waals surface area contributed by atoms with Crippen LogP contribution in [0.5, 0.6) is 0 Å².